The third kappa shape index (κ3) is 4.85. The van der Waals surface area contributed by atoms with Crippen molar-refractivity contribution in [1.82, 2.24) is 19.2 Å². The molecule has 2 heterocycles. The average molecular weight is 417 g/mol. The summed E-state index contributed by atoms with van der Waals surface area (Å²) in [6.07, 6.45) is 5.13. The summed E-state index contributed by atoms with van der Waals surface area (Å²) in [5.41, 5.74) is 2.01. The fourth-order valence-corrected chi connectivity index (χ4v) is 4.11. The monoisotopic (exact) mass is 416 g/mol. The largest absolute Gasteiger partial charge is 0.346 e. The van der Waals surface area contributed by atoms with Gasteiger partial charge >= 0.3 is 5.69 Å². The van der Waals surface area contributed by atoms with Crippen LogP contribution in [0, 0.1) is 0 Å². The zero-order valence-corrected chi connectivity index (χ0v) is 17.9. The molecular weight excluding hydrogens is 388 g/mol. The number of aromatic nitrogens is 3. The fourth-order valence-electron chi connectivity index (χ4n) is 4.11. The third-order valence-corrected chi connectivity index (χ3v) is 5.83. The molecule has 0 spiro atoms. The van der Waals surface area contributed by atoms with E-state index in [1.54, 1.807) is 15.3 Å². The van der Waals surface area contributed by atoms with Crippen molar-refractivity contribution in [2.75, 3.05) is 13.1 Å². The van der Waals surface area contributed by atoms with Gasteiger partial charge in [0.2, 0.25) is 5.91 Å². The lowest BCUT2D eigenvalue weighted by atomic mass is 9.95. The van der Waals surface area contributed by atoms with Crippen molar-refractivity contribution in [1.29, 1.82) is 0 Å². The average Bonchev–Trinajstić information content (AvgIpc) is 3.14. The predicted octanol–water partition coefficient (Wildman–Crippen LogP) is 3.53. The number of amides is 1. The van der Waals surface area contributed by atoms with Crippen molar-refractivity contribution in [3.63, 3.8) is 0 Å². The Bertz CT molecular complexity index is 1090. The van der Waals surface area contributed by atoms with Crippen molar-refractivity contribution in [3.05, 3.63) is 94.2 Å². The number of hydrogen-bond donors (Lipinski definition) is 0. The van der Waals surface area contributed by atoms with Crippen LogP contribution in [-0.2, 0) is 17.9 Å². The molecule has 1 aliphatic heterocycles. The maximum Gasteiger partial charge on any atom is 0.346 e. The lowest BCUT2D eigenvalue weighted by Crippen LogP contribution is -2.37. The molecule has 4 rings (SSSR count). The summed E-state index contributed by atoms with van der Waals surface area (Å²) in [6.45, 7) is 4.40. The van der Waals surface area contributed by atoms with Gasteiger partial charge in [-0.2, -0.15) is 5.10 Å². The summed E-state index contributed by atoms with van der Waals surface area (Å²) in [6, 6.07) is 19.7. The van der Waals surface area contributed by atoms with Gasteiger partial charge in [-0.25, -0.2) is 9.48 Å². The summed E-state index contributed by atoms with van der Waals surface area (Å²) >= 11 is 0. The normalized spacial score (nSPS) is 14.9. The van der Waals surface area contributed by atoms with Gasteiger partial charge in [0.25, 0.3) is 0 Å². The highest BCUT2D eigenvalue weighted by molar-refractivity contribution is 5.91. The van der Waals surface area contributed by atoms with Crippen LogP contribution in [0.3, 0.4) is 0 Å². The molecule has 1 aliphatic rings. The molecule has 0 radical (unpaired) electrons. The Balaban J connectivity index is 1.42. The van der Waals surface area contributed by atoms with Gasteiger partial charge in [0.1, 0.15) is 5.82 Å². The van der Waals surface area contributed by atoms with Crippen molar-refractivity contribution in [2.45, 2.75) is 38.8 Å². The topological polar surface area (TPSA) is 60.1 Å². The van der Waals surface area contributed by atoms with Crippen LogP contribution in [0.4, 0.5) is 0 Å². The highest BCUT2D eigenvalue weighted by Gasteiger charge is 2.27. The third-order valence-electron chi connectivity index (χ3n) is 5.83. The smallest absolute Gasteiger partial charge is 0.339 e. The van der Waals surface area contributed by atoms with Crippen LogP contribution in [0.15, 0.2) is 71.5 Å². The number of carbonyl (C=O) groups is 1. The number of carbonyl (C=O) groups excluding carboxylic acids is 1. The molecule has 6 nitrogen and oxygen atoms in total. The Kier molecular flexibility index (Phi) is 6.46. The van der Waals surface area contributed by atoms with Crippen LogP contribution < -0.4 is 5.69 Å². The standard InChI is InChI=1S/C25H28N4O2/c1-2-28-24(26-29(25(28)31)19-21-11-7-4-8-12-21)22-15-17-27(18-16-22)23(30)14-13-20-9-5-3-6-10-20/h3-14,22H,2,15-19H2,1H3/b14-13+. The molecule has 0 unspecified atom stereocenters. The minimum absolute atomic E-state index is 0.0322. The van der Waals surface area contributed by atoms with E-state index in [1.807, 2.05) is 78.6 Å². The van der Waals surface area contributed by atoms with Crippen LogP contribution in [0.1, 0.15) is 42.6 Å². The SMILES string of the molecule is CCn1c(C2CCN(C(=O)/C=C/c3ccccc3)CC2)nn(Cc2ccccc2)c1=O. The first-order valence-electron chi connectivity index (χ1n) is 10.9. The highest BCUT2D eigenvalue weighted by Crippen LogP contribution is 2.26. The summed E-state index contributed by atoms with van der Waals surface area (Å²) in [7, 11) is 0. The van der Waals surface area contributed by atoms with Gasteiger partial charge in [-0.15, -0.1) is 0 Å². The maximum atomic E-state index is 12.9. The molecule has 1 amide bonds. The zero-order chi connectivity index (χ0) is 21.6. The van der Waals surface area contributed by atoms with E-state index in [0.29, 0.717) is 26.2 Å². The molecule has 0 bridgehead atoms. The van der Waals surface area contributed by atoms with Crippen LogP contribution in [0.2, 0.25) is 0 Å². The number of piperidine rings is 1. The minimum Gasteiger partial charge on any atom is -0.339 e. The molecule has 1 fully saturated rings. The molecule has 3 aromatic rings. The van der Waals surface area contributed by atoms with E-state index in [0.717, 1.165) is 29.8 Å². The van der Waals surface area contributed by atoms with Crippen molar-refractivity contribution < 1.29 is 4.79 Å². The van der Waals surface area contributed by atoms with E-state index >= 15 is 0 Å². The number of hydrogen-bond acceptors (Lipinski definition) is 3. The zero-order valence-electron chi connectivity index (χ0n) is 17.9. The lowest BCUT2D eigenvalue weighted by molar-refractivity contribution is -0.127. The fraction of sp³-hybridized carbons (Fsp3) is 0.320. The Hall–Kier alpha value is -3.41. The van der Waals surface area contributed by atoms with Gasteiger partial charge in [0, 0.05) is 31.6 Å². The van der Waals surface area contributed by atoms with Gasteiger partial charge in [-0.1, -0.05) is 60.7 Å². The van der Waals surface area contributed by atoms with Crippen molar-refractivity contribution in [3.8, 4) is 0 Å². The molecule has 2 aromatic carbocycles. The minimum atomic E-state index is -0.0642. The molecule has 0 aliphatic carbocycles. The van der Waals surface area contributed by atoms with Gasteiger partial charge in [-0.3, -0.25) is 9.36 Å². The highest BCUT2D eigenvalue weighted by atomic mass is 16.2. The molecular formula is C25H28N4O2. The number of benzene rings is 2. The second-order valence-corrected chi connectivity index (χ2v) is 7.87. The molecule has 0 atom stereocenters. The summed E-state index contributed by atoms with van der Waals surface area (Å²) < 4.78 is 3.34. The Morgan fingerprint density at radius 1 is 1.03 bits per heavy atom. The van der Waals surface area contributed by atoms with E-state index in [-0.39, 0.29) is 17.5 Å². The van der Waals surface area contributed by atoms with E-state index in [4.69, 9.17) is 5.10 Å². The lowest BCUT2D eigenvalue weighted by Gasteiger charge is -2.30. The Labute approximate surface area is 182 Å². The molecule has 1 aromatic heterocycles. The first-order valence-corrected chi connectivity index (χ1v) is 10.9. The quantitative estimate of drug-likeness (QED) is 0.578. The van der Waals surface area contributed by atoms with Gasteiger partial charge < -0.3 is 4.90 Å². The first-order chi connectivity index (χ1) is 15.2. The van der Waals surface area contributed by atoms with Gasteiger partial charge in [0.05, 0.1) is 6.54 Å². The second kappa shape index (κ2) is 9.60. The second-order valence-electron chi connectivity index (χ2n) is 7.87. The van der Waals surface area contributed by atoms with E-state index in [9.17, 15) is 9.59 Å². The molecule has 6 heteroatoms. The Morgan fingerprint density at radius 2 is 1.68 bits per heavy atom. The van der Waals surface area contributed by atoms with E-state index in [1.165, 1.54) is 0 Å². The molecule has 0 N–H and O–H groups in total. The van der Waals surface area contributed by atoms with Crippen molar-refractivity contribution in [2.24, 2.45) is 0 Å². The van der Waals surface area contributed by atoms with Crippen molar-refractivity contribution >= 4 is 12.0 Å². The summed E-state index contributed by atoms with van der Waals surface area (Å²) in [5.74, 6) is 1.06. The summed E-state index contributed by atoms with van der Waals surface area (Å²) in [4.78, 5) is 27.3. The molecule has 0 saturated carbocycles. The molecule has 31 heavy (non-hydrogen) atoms. The van der Waals surface area contributed by atoms with Gasteiger partial charge in [-0.05, 0) is 37.0 Å². The van der Waals surface area contributed by atoms with Crippen LogP contribution in [0.5, 0.6) is 0 Å². The first kappa shape index (κ1) is 20.8. The van der Waals surface area contributed by atoms with Crippen LogP contribution in [-0.4, -0.2) is 38.2 Å². The van der Waals surface area contributed by atoms with Crippen LogP contribution >= 0.6 is 0 Å². The van der Waals surface area contributed by atoms with E-state index < -0.39 is 0 Å². The Morgan fingerprint density at radius 3 is 2.32 bits per heavy atom. The van der Waals surface area contributed by atoms with E-state index in [2.05, 4.69) is 0 Å². The number of nitrogens with zero attached hydrogens (tertiary/aromatic N) is 4. The number of likely N-dealkylation sites (tertiary alicyclic amines) is 1. The summed E-state index contributed by atoms with van der Waals surface area (Å²) in [5, 5.41) is 4.70. The maximum absolute atomic E-state index is 12.9. The molecule has 160 valence electrons. The predicted molar refractivity (Wildman–Crippen MR) is 122 cm³/mol. The molecule has 1 saturated heterocycles. The van der Waals surface area contributed by atoms with Gasteiger partial charge in [0.15, 0.2) is 0 Å². The number of rotatable bonds is 6. The van der Waals surface area contributed by atoms with Crippen LogP contribution in [0.25, 0.3) is 6.08 Å².